The van der Waals surface area contributed by atoms with E-state index in [9.17, 15) is 13.2 Å². The molecule has 2 rings (SSSR count). The van der Waals surface area contributed by atoms with Crippen molar-refractivity contribution in [3.05, 3.63) is 35.9 Å². The van der Waals surface area contributed by atoms with Crippen LogP contribution in [-0.4, -0.2) is 42.0 Å². The lowest BCUT2D eigenvalue weighted by Gasteiger charge is -2.43. The Morgan fingerprint density at radius 1 is 1.45 bits per heavy atom. The summed E-state index contributed by atoms with van der Waals surface area (Å²) in [6.07, 6.45) is -0.610. The molecule has 0 saturated carbocycles. The van der Waals surface area contributed by atoms with Gasteiger partial charge >= 0.3 is 16.4 Å². The molecular formula is C12H16N2O5S. The van der Waals surface area contributed by atoms with Gasteiger partial charge in [-0.3, -0.25) is 4.55 Å². The average Bonchev–Trinajstić information content (AvgIpc) is 2.40. The lowest BCUT2D eigenvalue weighted by atomic mass is 10.0. The second-order valence-corrected chi connectivity index (χ2v) is 5.97. The Morgan fingerprint density at radius 3 is 2.65 bits per heavy atom. The van der Waals surface area contributed by atoms with Crippen molar-refractivity contribution in [1.82, 2.24) is 9.62 Å². The number of carbonyl (C=O) groups is 1. The predicted octanol–water partition coefficient (Wildman–Crippen LogP) is 0.788. The van der Waals surface area contributed by atoms with E-state index in [0.29, 0.717) is 0 Å². The Hall–Kier alpha value is -1.64. The highest BCUT2D eigenvalue weighted by molar-refractivity contribution is 7.83. The van der Waals surface area contributed by atoms with Gasteiger partial charge in [0.25, 0.3) is 0 Å². The van der Waals surface area contributed by atoms with Crippen LogP contribution in [0.4, 0.5) is 4.79 Å². The van der Waals surface area contributed by atoms with Crippen molar-refractivity contribution >= 4 is 16.4 Å². The molecule has 2 N–H and O–H groups in total. The van der Waals surface area contributed by atoms with E-state index >= 15 is 0 Å². The zero-order valence-corrected chi connectivity index (χ0v) is 11.7. The van der Waals surface area contributed by atoms with E-state index in [-0.39, 0.29) is 19.2 Å². The SMILES string of the molecule is CC1[C@@H](NC(=O)OCc2ccccc2)CN1S(=O)(=O)O. The minimum absolute atomic E-state index is 0.0421. The molecule has 1 heterocycles. The molecule has 1 saturated heterocycles. The summed E-state index contributed by atoms with van der Waals surface area (Å²) in [6, 6.07) is 8.36. The first-order valence-corrected chi connectivity index (χ1v) is 7.49. The predicted molar refractivity (Wildman–Crippen MR) is 71.3 cm³/mol. The normalized spacial score (nSPS) is 22.9. The first-order chi connectivity index (χ1) is 9.38. The van der Waals surface area contributed by atoms with E-state index in [2.05, 4.69) is 5.32 Å². The Labute approximate surface area is 117 Å². The molecule has 1 unspecified atom stereocenters. The fourth-order valence-corrected chi connectivity index (χ4v) is 2.88. The number of rotatable bonds is 4. The maximum absolute atomic E-state index is 11.6. The number of hydrogen-bond acceptors (Lipinski definition) is 4. The molecule has 0 aromatic heterocycles. The molecule has 1 fully saturated rings. The highest BCUT2D eigenvalue weighted by Crippen LogP contribution is 2.20. The third-order valence-electron chi connectivity index (χ3n) is 3.23. The highest BCUT2D eigenvalue weighted by Gasteiger charge is 2.43. The molecule has 1 aromatic rings. The van der Waals surface area contributed by atoms with E-state index in [1.54, 1.807) is 6.92 Å². The summed E-state index contributed by atoms with van der Waals surface area (Å²) in [5.41, 5.74) is 0.865. The van der Waals surface area contributed by atoms with E-state index in [0.717, 1.165) is 9.87 Å². The summed E-state index contributed by atoms with van der Waals surface area (Å²) in [6.45, 7) is 1.79. The van der Waals surface area contributed by atoms with Gasteiger partial charge in [-0.25, -0.2) is 4.79 Å². The van der Waals surface area contributed by atoms with Crippen LogP contribution in [0.5, 0.6) is 0 Å². The Balaban J connectivity index is 1.77. The number of carbonyl (C=O) groups excluding carboxylic acids is 1. The third-order valence-corrected chi connectivity index (χ3v) is 4.30. The van der Waals surface area contributed by atoms with Gasteiger partial charge in [0.05, 0.1) is 6.04 Å². The van der Waals surface area contributed by atoms with Gasteiger partial charge in [-0.1, -0.05) is 30.3 Å². The summed E-state index contributed by atoms with van der Waals surface area (Å²) >= 11 is 0. The third kappa shape index (κ3) is 3.47. The van der Waals surface area contributed by atoms with E-state index in [1.165, 1.54) is 0 Å². The fourth-order valence-electron chi connectivity index (χ4n) is 1.96. The van der Waals surface area contributed by atoms with Crippen LogP contribution in [0.25, 0.3) is 0 Å². The second-order valence-electron chi connectivity index (χ2n) is 4.60. The van der Waals surface area contributed by atoms with Gasteiger partial charge in [-0.2, -0.15) is 12.7 Å². The smallest absolute Gasteiger partial charge is 0.407 e. The highest BCUT2D eigenvalue weighted by atomic mass is 32.2. The number of ether oxygens (including phenoxy) is 1. The number of alkyl carbamates (subject to hydrolysis) is 1. The van der Waals surface area contributed by atoms with Crippen molar-refractivity contribution in [3.8, 4) is 0 Å². The van der Waals surface area contributed by atoms with Crippen LogP contribution in [0.3, 0.4) is 0 Å². The van der Waals surface area contributed by atoms with Crippen LogP contribution >= 0.6 is 0 Å². The molecule has 0 spiro atoms. The van der Waals surface area contributed by atoms with Gasteiger partial charge in [0.15, 0.2) is 0 Å². The lowest BCUT2D eigenvalue weighted by Crippen LogP contribution is -2.66. The maximum Gasteiger partial charge on any atom is 0.407 e. The molecular weight excluding hydrogens is 284 g/mol. The standard InChI is InChI=1S/C12H16N2O5S/c1-9-11(7-14(9)20(16,17)18)13-12(15)19-8-10-5-3-2-4-6-10/h2-6,9,11H,7-8H2,1H3,(H,13,15)(H,16,17,18)/t9?,11-/m0/s1. The largest absolute Gasteiger partial charge is 0.445 e. The van der Waals surface area contributed by atoms with Gasteiger partial charge < -0.3 is 10.1 Å². The summed E-state index contributed by atoms with van der Waals surface area (Å²) < 4.78 is 36.6. The monoisotopic (exact) mass is 300 g/mol. The summed E-state index contributed by atoms with van der Waals surface area (Å²) in [5.74, 6) is 0. The van der Waals surface area contributed by atoms with Crippen molar-refractivity contribution < 1.29 is 22.5 Å². The minimum atomic E-state index is -4.20. The summed E-state index contributed by atoms with van der Waals surface area (Å²) in [4.78, 5) is 11.6. The topological polar surface area (TPSA) is 95.9 Å². The van der Waals surface area contributed by atoms with Crippen molar-refractivity contribution in [1.29, 1.82) is 0 Å². The molecule has 110 valence electrons. The molecule has 8 heteroatoms. The van der Waals surface area contributed by atoms with E-state index in [4.69, 9.17) is 9.29 Å². The molecule has 2 atom stereocenters. The average molecular weight is 300 g/mol. The maximum atomic E-state index is 11.6. The van der Waals surface area contributed by atoms with Crippen LogP contribution in [-0.2, 0) is 21.6 Å². The number of benzene rings is 1. The molecule has 1 aliphatic heterocycles. The molecule has 20 heavy (non-hydrogen) atoms. The molecule has 7 nitrogen and oxygen atoms in total. The van der Waals surface area contributed by atoms with Gasteiger partial charge in [-0.15, -0.1) is 0 Å². The Morgan fingerprint density at radius 2 is 2.10 bits per heavy atom. The zero-order valence-electron chi connectivity index (χ0n) is 10.9. The van der Waals surface area contributed by atoms with Gasteiger partial charge in [0, 0.05) is 12.6 Å². The molecule has 1 aliphatic rings. The number of amides is 1. The van der Waals surface area contributed by atoms with Crippen LogP contribution in [0.2, 0.25) is 0 Å². The van der Waals surface area contributed by atoms with Crippen LogP contribution in [0.1, 0.15) is 12.5 Å². The quantitative estimate of drug-likeness (QED) is 0.801. The molecule has 0 radical (unpaired) electrons. The number of nitrogens with zero attached hydrogens (tertiary/aromatic N) is 1. The van der Waals surface area contributed by atoms with Crippen LogP contribution in [0, 0.1) is 0 Å². The van der Waals surface area contributed by atoms with E-state index < -0.39 is 22.4 Å². The molecule has 1 aromatic carbocycles. The molecule has 1 amide bonds. The first-order valence-electron chi connectivity index (χ1n) is 6.09. The minimum Gasteiger partial charge on any atom is -0.445 e. The fraction of sp³-hybridized carbons (Fsp3) is 0.417. The summed E-state index contributed by atoms with van der Waals surface area (Å²) in [5, 5.41) is 2.56. The zero-order chi connectivity index (χ0) is 14.8. The van der Waals surface area contributed by atoms with Gasteiger partial charge in [0.2, 0.25) is 0 Å². The van der Waals surface area contributed by atoms with Crippen molar-refractivity contribution in [2.75, 3.05) is 6.54 Å². The van der Waals surface area contributed by atoms with Gasteiger partial charge in [-0.05, 0) is 12.5 Å². The van der Waals surface area contributed by atoms with Crippen molar-refractivity contribution in [2.45, 2.75) is 25.6 Å². The molecule has 0 bridgehead atoms. The second kappa shape index (κ2) is 5.78. The van der Waals surface area contributed by atoms with Crippen molar-refractivity contribution in [2.24, 2.45) is 0 Å². The Bertz CT molecular complexity index is 575. The Kier molecular flexibility index (Phi) is 4.26. The lowest BCUT2D eigenvalue weighted by molar-refractivity contribution is 0.0987. The van der Waals surface area contributed by atoms with Crippen LogP contribution in [0.15, 0.2) is 30.3 Å². The molecule has 0 aliphatic carbocycles. The summed E-state index contributed by atoms with van der Waals surface area (Å²) in [7, 11) is -4.20. The van der Waals surface area contributed by atoms with E-state index in [1.807, 2.05) is 30.3 Å². The van der Waals surface area contributed by atoms with Crippen molar-refractivity contribution in [3.63, 3.8) is 0 Å². The number of nitrogens with one attached hydrogen (secondary N) is 1. The first kappa shape index (κ1) is 14.8. The van der Waals surface area contributed by atoms with Gasteiger partial charge in [0.1, 0.15) is 6.61 Å². The van der Waals surface area contributed by atoms with Crippen LogP contribution < -0.4 is 5.32 Å². The number of hydrogen-bond donors (Lipinski definition) is 2.